The minimum absolute atomic E-state index is 0.268. The fourth-order valence-electron chi connectivity index (χ4n) is 2.77. The molecule has 112 valence electrons. The number of aromatic nitrogens is 2. The zero-order valence-electron chi connectivity index (χ0n) is 12.1. The number of nitrogens with zero attached hydrogens (tertiary/aromatic N) is 3. The molecule has 0 spiro atoms. The van der Waals surface area contributed by atoms with Gasteiger partial charge in [-0.2, -0.15) is 9.97 Å². The first-order chi connectivity index (χ1) is 10.2. The Morgan fingerprint density at radius 2 is 2.10 bits per heavy atom. The van der Waals surface area contributed by atoms with Gasteiger partial charge in [0.15, 0.2) is 0 Å². The van der Waals surface area contributed by atoms with Gasteiger partial charge in [0.1, 0.15) is 12.0 Å². The Labute approximate surface area is 123 Å². The third kappa shape index (κ3) is 2.91. The SMILES string of the molecule is COc1nc(N)c2cc(CC(O)N3CCCC3)ccc2n1. The predicted molar refractivity (Wildman–Crippen MR) is 81.0 cm³/mol. The maximum absolute atomic E-state index is 10.3. The monoisotopic (exact) mass is 288 g/mol. The standard InChI is InChI=1S/C15H20N4O2/c1-21-15-17-12-5-4-10(8-11(12)14(16)18-15)9-13(20)19-6-2-3-7-19/h4-5,8,13,20H,2-3,6-7,9H2,1H3,(H2,16,17,18). The minimum Gasteiger partial charge on any atom is -0.467 e. The van der Waals surface area contributed by atoms with Crippen LogP contribution in [0.3, 0.4) is 0 Å². The van der Waals surface area contributed by atoms with E-state index in [9.17, 15) is 5.11 Å². The first-order valence-electron chi connectivity index (χ1n) is 7.19. The Kier molecular flexibility index (Phi) is 3.90. The van der Waals surface area contributed by atoms with Gasteiger partial charge in [-0.05, 0) is 30.5 Å². The van der Waals surface area contributed by atoms with Gasteiger partial charge < -0.3 is 15.6 Å². The van der Waals surface area contributed by atoms with Gasteiger partial charge in [0.25, 0.3) is 0 Å². The van der Waals surface area contributed by atoms with Crippen LogP contribution in [0.25, 0.3) is 10.9 Å². The van der Waals surface area contributed by atoms with Crippen LogP contribution in [0.2, 0.25) is 0 Å². The highest BCUT2D eigenvalue weighted by Gasteiger charge is 2.20. The first-order valence-corrected chi connectivity index (χ1v) is 7.19. The highest BCUT2D eigenvalue weighted by atomic mass is 16.5. The van der Waals surface area contributed by atoms with Crippen molar-refractivity contribution in [3.05, 3.63) is 23.8 Å². The molecular formula is C15H20N4O2. The van der Waals surface area contributed by atoms with Gasteiger partial charge in [0.05, 0.1) is 12.6 Å². The fraction of sp³-hybridized carbons (Fsp3) is 0.467. The largest absolute Gasteiger partial charge is 0.467 e. The lowest BCUT2D eigenvalue weighted by atomic mass is 10.1. The molecule has 2 heterocycles. The third-order valence-electron chi connectivity index (χ3n) is 3.93. The Bertz CT molecular complexity index is 641. The van der Waals surface area contributed by atoms with Crippen molar-refractivity contribution in [3.8, 4) is 6.01 Å². The molecule has 1 aliphatic rings. The quantitative estimate of drug-likeness (QED) is 0.878. The molecule has 21 heavy (non-hydrogen) atoms. The van der Waals surface area contributed by atoms with E-state index >= 15 is 0 Å². The van der Waals surface area contributed by atoms with E-state index in [2.05, 4.69) is 14.9 Å². The zero-order chi connectivity index (χ0) is 14.8. The number of nitrogen functional groups attached to an aromatic ring is 1. The summed E-state index contributed by atoms with van der Waals surface area (Å²) in [7, 11) is 1.52. The van der Waals surface area contributed by atoms with Crippen molar-refractivity contribution < 1.29 is 9.84 Å². The van der Waals surface area contributed by atoms with Crippen molar-refractivity contribution in [3.63, 3.8) is 0 Å². The molecule has 1 aromatic heterocycles. The smallest absolute Gasteiger partial charge is 0.318 e. The summed E-state index contributed by atoms with van der Waals surface area (Å²) >= 11 is 0. The summed E-state index contributed by atoms with van der Waals surface area (Å²) in [6.07, 6.45) is 2.47. The highest BCUT2D eigenvalue weighted by Crippen LogP contribution is 2.23. The molecular weight excluding hydrogens is 268 g/mol. The van der Waals surface area contributed by atoms with Crippen molar-refractivity contribution in [1.29, 1.82) is 0 Å². The Morgan fingerprint density at radius 1 is 1.33 bits per heavy atom. The van der Waals surface area contributed by atoms with Crippen molar-refractivity contribution in [2.24, 2.45) is 0 Å². The lowest BCUT2D eigenvalue weighted by Gasteiger charge is -2.22. The van der Waals surface area contributed by atoms with Crippen LogP contribution < -0.4 is 10.5 Å². The van der Waals surface area contributed by atoms with Crippen LogP contribution in [0.5, 0.6) is 6.01 Å². The molecule has 6 heteroatoms. The van der Waals surface area contributed by atoms with Crippen molar-refractivity contribution in [2.75, 3.05) is 25.9 Å². The van der Waals surface area contributed by atoms with E-state index < -0.39 is 6.23 Å². The topological polar surface area (TPSA) is 84.5 Å². The van der Waals surface area contributed by atoms with Crippen LogP contribution in [0.15, 0.2) is 18.2 Å². The molecule has 0 bridgehead atoms. The van der Waals surface area contributed by atoms with E-state index in [-0.39, 0.29) is 6.01 Å². The number of rotatable bonds is 4. The molecule has 0 aliphatic carbocycles. The molecule has 1 unspecified atom stereocenters. The lowest BCUT2D eigenvalue weighted by Crippen LogP contribution is -2.34. The Balaban J connectivity index is 1.85. The number of aliphatic hydroxyl groups is 1. The maximum Gasteiger partial charge on any atom is 0.318 e. The van der Waals surface area contributed by atoms with Gasteiger partial charge in [0.2, 0.25) is 0 Å². The van der Waals surface area contributed by atoms with Gasteiger partial charge in [0, 0.05) is 24.9 Å². The molecule has 2 aromatic rings. The van der Waals surface area contributed by atoms with Gasteiger partial charge in [-0.1, -0.05) is 6.07 Å². The van der Waals surface area contributed by atoms with Crippen LogP contribution >= 0.6 is 0 Å². The first kappa shape index (κ1) is 14.0. The summed E-state index contributed by atoms with van der Waals surface area (Å²) in [6, 6.07) is 6.07. The van der Waals surface area contributed by atoms with Gasteiger partial charge in [-0.3, -0.25) is 4.90 Å². The van der Waals surface area contributed by atoms with Crippen molar-refractivity contribution >= 4 is 16.7 Å². The Hall–Kier alpha value is -1.92. The van der Waals surface area contributed by atoms with Gasteiger partial charge >= 0.3 is 6.01 Å². The van der Waals surface area contributed by atoms with Crippen molar-refractivity contribution in [1.82, 2.24) is 14.9 Å². The number of anilines is 1. The molecule has 0 radical (unpaired) electrons. The summed E-state index contributed by atoms with van der Waals surface area (Å²) < 4.78 is 5.02. The number of likely N-dealkylation sites (tertiary alicyclic amines) is 1. The molecule has 6 nitrogen and oxygen atoms in total. The van der Waals surface area contributed by atoms with E-state index in [0.717, 1.165) is 42.4 Å². The molecule has 1 aliphatic heterocycles. The van der Waals surface area contributed by atoms with Gasteiger partial charge in [-0.25, -0.2) is 0 Å². The van der Waals surface area contributed by atoms with Crippen LogP contribution in [0.1, 0.15) is 18.4 Å². The zero-order valence-corrected chi connectivity index (χ0v) is 12.1. The van der Waals surface area contributed by atoms with Gasteiger partial charge in [-0.15, -0.1) is 0 Å². The number of hydrogen-bond donors (Lipinski definition) is 2. The maximum atomic E-state index is 10.3. The van der Waals surface area contributed by atoms with Crippen LogP contribution in [-0.4, -0.2) is 46.4 Å². The summed E-state index contributed by atoms with van der Waals surface area (Å²) in [5, 5.41) is 11.1. The second kappa shape index (κ2) is 5.83. The number of aliphatic hydroxyl groups excluding tert-OH is 1. The normalized spacial score (nSPS) is 17.2. The lowest BCUT2D eigenvalue weighted by molar-refractivity contribution is 0.0213. The molecule has 1 fully saturated rings. The molecule has 3 N–H and O–H groups in total. The van der Waals surface area contributed by atoms with E-state index in [0.29, 0.717) is 12.2 Å². The van der Waals surface area contributed by atoms with E-state index in [1.807, 2.05) is 18.2 Å². The number of ether oxygens (including phenoxy) is 1. The van der Waals surface area contributed by atoms with Crippen LogP contribution in [0, 0.1) is 0 Å². The molecule has 1 aromatic carbocycles. The number of benzene rings is 1. The molecule has 0 amide bonds. The van der Waals surface area contributed by atoms with E-state index in [1.54, 1.807) is 0 Å². The van der Waals surface area contributed by atoms with Crippen molar-refractivity contribution in [2.45, 2.75) is 25.5 Å². The second-order valence-electron chi connectivity index (χ2n) is 5.37. The third-order valence-corrected chi connectivity index (χ3v) is 3.93. The molecule has 1 atom stereocenters. The Morgan fingerprint density at radius 3 is 2.81 bits per heavy atom. The summed E-state index contributed by atoms with van der Waals surface area (Å²) in [5.41, 5.74) is 7.73. The summed E-state index contributed by atoms with van der Waals surface area (Å²) in [4.78, 5) is 10.5. The highest BCUT2D eigenvalue weighted by molar-refractivity contribution is 5.88. The predicted octanol–water partition coefficient (Wildman–Crippen LogP) is 1.18. The van der Waals surface area contributed by atoms with Crippen LogP contribution in [-0.2, 0) is 6.42 Å². The van der Waals surface area contributed by atoms with E-state index in [1.165, 1.54) is 7.11 Å². The average molecular weight is 288 g/mol. The number of methoxy groups -OCH3 is 1. The minimum atomic E-state index is -0.439. The van der Waals surface area contributed by atoms with E-state index in [4.69, 9.17) is 10.5 Å². The molecule has 0 saturated carbocycles. The second-order valence-corrected chi connectivity index (χ2v) is 5.37. The summed E-state index contributed by atoms with van der Waals surface area (Å²) in [5.74, 6) is 0.398. The van der Waals surface area contributed by atoms with Crippen LogP contribution in [0.4, 0.5) is 5.82 Å². The number of hydrogen-bond acceptors (Lipinski definition) is 6. The summed E-state index contributed by atoms with van der Waals surface area (Å²) in [6.45, 7) is 1.94. The number of fused-ring (bicyclic) bond motifs is 1. The molecule has 3 rings (SSSR count). The fourth-order valence-corrected chi connectivity index (χ4v) is 2.77. The average Bonchev–Trinajstić information content (AvgIpc) is 3.02. The number of nitrogens with two attached hydrogens (primary N) is 1. The molecule has 1 saturated heterocycles.